The van der Waals surface area contributed by atoms with E-state index in [0.29, 0.717) is 12.0 Å². The van der Waals surface area contributed by atoms with E-state index in [1.54, 1.807) is 6.92 Å². The van der Waals surface area contributed by atoms with Crippen LogP contribution in [-0.2, 0) is 23.9 Å². The molecule has 0 unspecified atom stereocenters. The van der Waals surface area contributed by atoms with Crippen LogP contribution in [-0.4, -0.2) is 80.9 Å². The molecule has 36 heavy (non-hydrogen) atoms. The lowest BCUT2D eigenvalue weighted by Gasteiger charge is -2.24. The van der Waals surface area contributed by atoms with E-state index in [2.05, 4.69) is 37.6 Å². The van der Waals surface area contributed by atoms with E-state index in [0.717, 1.165) is 0 Å². The summed E-state index contributed by atoms with van der Waals surface area (Å²) in [5, 5.41) is 49.6. The summed E-state index contributed by atoms with van der Waals surface area (Å²) in [6.45, 7) is 23.8. The average Bonchev–Trinajstić information content (AvgIpc) is 2.80. The monoisotopic (exact) mass is 518 g/mol. The first-order valence-electron chi connectivity index (χ1n) is 10.3. The van der Waals surface area contributed by atoms with Gasteiger partial charge in [0, 0.05) is 27.7 Å². The van der Waals surface area contributed by atoms with E-state index >= 15 is 0 Å². The zero-order valence-electron chi connectivity index (χ0n) is 21.9. The minimum absolute atomic E-state index is 0.156. The number of aliphatic carboxylic acids is 3. The molecule has 0 atom stereocenters. The van der Waals surface area contributed by atoms with Crippen LogP contribution in [0.5, 0.6) is 0 Å². The van der Waals surface area contributed by atoms with Crippen molar-refractivity contribution >= 4 is 23.9 Å². The fraction of sp³-hybridized carbons (Fsp3) is 0.440. The molecular weight excluding hydrogens is 476 g/mol. The third-order valence-electron chi connectivity index (χ3n) is 3.53. The predicted octanol–water partition coefficient (Wildman–Crippen LogP) is 2.59. The number of ether oxygens (including phenoxy) is 1. The summed E-state index contributed by atoms with van der Waals surface area (Å²) in [7, 11) is 0. The summed E-state index contributed by atoms with van der Waals surface area (Å²) in [6.07, 6.45) is 2.11. The molecule has 0 aliphatic rings. The maximum atomic E-state index is 10.5. The van der Waals surface area contributed by atoms with E-state index in [-0.39, 0.29) is 49.1 Å². The molecular formula is C25H42O11. The maximum absolute atomic E-state index is 10.5. The van der Waals surface area contributed by atoms with E-state index in [9.17, 15) is 19.2 Å². The molecule has 0 saturated heterocycles. The van der Waals surface area contributed by atoms with Gasteiger partial charge in [0.2, 0.25) is 0 Å². The summed E-state index contributed by atoms with van der Waals surface area (Å²) in [6, 6.07) is 0. The first-order chi connectivity index (χ1) is 16.4. The molecule has 0 radical (unpaired) electrons. The van der Waals surface area contributed by atoms with Gasteiger partial charge in [-0.25, -0.2) is 19.2 Å². The van der Waals surface area contributed by atoms with Crippen molar-refractivity contribution in [1.82, 2.24) is 0 Å². The summed E-state index contributed by atoms with van der Waals surface area (Å²) < 4.78 is 4.60. The average molecular weight is 519 g/mol. The van der Waals surface area contributed by atoms with Gasteiger partial charge in [0.15, 0.2) is 0 Å². The van der Waals surface area contributed by atoms with Crippen molar-refractivity contribution in [3.05, 3.63) is 61.3 Å². The lowest BCUT2D eigenvalue weighted by atomic mass is 9.88. The van der Waals surface area contributed by atoms with E-state index < -0.39 is 23.3 Å². The van der Waals surface area contributed by atoms with Crippen molar-refractivity contribution < 1.29 is 54.6 Å². The number of carboxylic acid groups (broad SMARTS) is 3. The van der Waals surface area contributed by atoms with Crippen molar-refractivity contribution in [2.45, 2.75) is 41.0 Å². The number of carbonyl (C=O) groups is 4. The summed E-state index contributed by atoms with van der Waals surface area (Å²) in [4.78, 5) is 39.3. The molecule has 0 amide bonds. The molecule has 0 aromatic rings. The Labute approximate surface area is 213 Å². The Morgan fingerprint density at radius 3 is 1.03 bits per heavy atom. The fourth-order valence-corrected chi connectivity index (χ4v) is 0.743. The number of rotatable bonds is 10. The second kappa shape index (κ2) is 26.1. The second-order valence-electron chi connectivity index (χ2n) is 7.25. The number of hydrogen-bond acceptors (Lipinski definition) is 8. The zero-order valence-corrected chi connectivity index (χ0v) is 21.9. The lowest BCUT2D eigenvalue weighted by Crippen LogP contribution is -2.32. The highest BCUT2D eigenvalue weighted by atomic mass is 16.5. The van der Waals surface area contributed by atoms with Gasteiger partial charge < -0.3 is 35.4 Å². The molecule has 11 heteroatoms. The Morgan fingerprint density at radius 1 is 0.694 bits per heavy atom. The van der Waals surface area contributed by atoms with Gasteiger partial charge >= 0.3 is 23.9 Å². The molecule has 0 saturated carbocycles. The first kappa shape index (κ1) is 42.6. The molecule has 11 nitrogen and oxygen atoms in total. The van der Waals surface area contributed by atoms with E-state index in [1.165, 1.54) is 26.8 Å². The van der Waals surface area contributed by atoms with Gasteiger partial charge in [-0.05, 0) is 34.1 Å². The van der Waals surface area contributed by atoms with Crippen LogP contribution < -0.4 is 0 Å². The first-order valence-corrected chi connectivity index (χ1v) is 10.3. The Bertz CT molecular complexity index is 635. The highest BCUT2D eigenvalue weighted by molar-refractivity contribution is 5.87. The van der Waals surface area contributed by atoms with Crippen LogP contribution >= 0.6 is 0 Å². The summed E-state index contributed by atoms with van der Waals surface area (Å²) >= 11 is 0. The highest BCUT2D eigenvalue weighted by Gasteiger charge is 2.24. The molecule has 0 fully saturated rings. The second-order valence-corrected chi connectivity index (χ2v) is 7.25. The van der Waals surface area contributed by atoms with Gasteiger partial charge in [-0.2, -0.15) is 0 Å². The van der Waals surface area contributed by atoms with Gasteiger partial charge in [-0.15, -0.1) is 0 Å². The van der Waals surface area contributed by atoms with Crippen LogP contribution in [0.15, 0.2) is 61.3 Å². The maximum Gasteiger partial charge on any atom is 0.333 e. The lowest BCUT2D eigenvalue weighted by molar-refractivity contribution is -0.138. The Morgan fingerprint density at radius 2 is 0.944 bits per heavy atom. The van der Waals surface area contributed by atoms with Crippen molar-refractivity contribution in [3.63, 3.8) is 0 Å². The van der Waals surface area contributed by atoms with Gasteiger partial charge in [0.1, 0.15) is 6.61 Å². The molecule has 0 rings (SSSR count). The molecule has 0 spiro atoms. The smallest absolute Gasteiger partial charge is 0.333 e. The SMILES string of the molecule is C=C(C)C(=O)O.C=C(C)C(=O)O.C=C(C)C(=O)O.C=CCOC(=O)C(=C)C.CCC(CO)(CO)CO. The summed E-state index contributed by atoms with van der Waals surface area (Å²) in [5.41, 5.74) is 0.275. The number of carbonyl (C=O) groups excluding carboxylic acids is 1. The van der Waals surface area contributed by atoms with Gasteiger partial charge in [-0.1, -0.05) is 45.9 Å². The predicted molar refractivity (Wildman–Crippen MR) is 137 cm³/mol. The molecule has 0 aliphatic carbocycles. The minimum atomic E-state index is -0.935. The Hall–Kier alpha value is -3.54. The fourth-order valence-electron chi connectivity index (χ4n) is 0.743. The van der Waals surface area contributed by atoms with Crippen LogP contribution in [0.3, 0.4) is 0 Å². The third-order valence-corrected chi connectivity index (χ3v) is 3.53. The largest absolute Gasteiger partial charge is 0.478 e. The number of aliphatic hydroxyl groups excluding tert-OH is 3. The number of esters is 1. The van der Waals surface area contributed by atoms with Crippen molar-refractivity contribution in [3.8, 4) is 0 Å². The van der Waals surface area contributed by atoms with Crippen LogP contribution in [0.1, 0.15) is 41.0 Å². The number of carboxylic acids is 3. The van der Waals surface area contributed by atoms with Gasteiger partial charge in [0.05, 0.1) is 19.8 Å². The van der Waals surface area contributed by atoms with Gasteiger partial charge in [0.25, 0.3) is 0 Å². The molecule has 6 N–H and O–H groups in total. The molecule has 0 heterocycles. The summed E-state index contributed by atoms with van der Waals surface area (Å²) in [5.74, 6) is -3.17. The van der Waals surface area contributed by atoms with Crippen molar-refractivity contribution in [2.24, 2.45) is 5.41 Å². The topological polar surface area (TPSA) is 199 Å². The van der Waals surface area contributed by atoms with Crippen molar-refractivity contribution in [1.29, 1.82) is 0 Å². The third kappa shape index (κ3) is 32.6. The normalized spacial score (nSPS) is 8.78. The van der Waals surface area contributed by atoms with Crippen molar-refractivity contribution in [2.75, 3.05) is 26.4 Å². The molecule has 0 aromatic carbocycles. The quantitative estimate of drug-likeness (QED) is 0.141. The standard InChI is InChI=1S/C7H10O2.C6H14O3.3C4H6O2/c1-4-5-9-7(8)6(2)3;1-2-6(3-7,4-8)5-9;3*1-3(2)4(5)6/h4H,1-2,5H2,3H3;7-9H,2-5H2,1H3;3*1H2,2H3,(H,5,6). The van der Waals surface area contributed by atoms with E-state index in [1.807, 2.05) is 6.92 Å². The minimum Gasteiger partial charge on any atom is -0.478 e. The van der Waals surface area contributed by atoms with Crippen LogP contribution in [0.25, 0.3) is 0 Å². The molecule has 0 aliphatic heterocycles. The van der Waals surface area contributed by atoms with E-state index in [4.69, 9.17) is 30.6 Å². The Kier molecular flexibility index (Phi) is 30.9. The Balaban J connectivity index is -0.000000113. The van der Waals surface area contributed by atoms with Crippen LogP contribution in [0.4, 0.5) is 0 Å². The molecule has 0 bridgehead atoms. The number of aliphatic hydroxyl groups is 3. The zero-order chi connectivity index (χ0) is 30.1. The highest BCUT2D eigenvalue weighted by Crippen LogP contribution is 2.18. The van der Waals surface area contributed by atoms with Gasteiger partial charge in [-0.3, -0.25) is 0 Å². The number of hydrogen-bond donors (Lipinski definition) is 6. The molecule has 208 valence electrons. The van der Waals surface area contributed by atoms with Crippen LogP contribution in [0.2, 0.25) is 0 Å². The molecule has 0 aromatic heterocycles. The van der Waals surface area contributed by atoms with Crippen LogP contribution in [0, 0.1) is 5.41 Å².